The third-order valence-electron chi connectivity index (χ3n) is 3.48. The second-order valence-corrected chi connectivity index (χ2v) is 8.16. The van der Waals surface area contributed by atoms with Gasteiger partial charge < -0.3 is 0 Å². The number of amides is 1. The maximum atomic E-state index is 11.9. The fourth-order valence-corrected chi connectivity index (χ4v) is 2.63. The van der Waals surface area contributed by atoms with E-state index in [0.29, 0.717) is 11.3 Å². The van der Waals surface area contributed by atoms with Gasteiger partial charge in [0, 0.05) is 0 Å². The van der Waals surface area contributed by atoms with Crippen molar-refractivity contribution in [2.45, 2.75) is 37.3 Å². The van der Waals surface area contributed by atoms with Crippen molar-refractivity contribution in [2.24, 2.45) is 0 Å². The van der Waals surface area contributed by atoms with Crippen molar-refractivity contribution in [2.75, 3.05) is 5.32 Å². The van der Waals surface area contributed by atoms with Gasteiger partial charge in [0.1, 0.15) is 0 Å². The minimum absolute atomic E-state index is 0.0439. The van der Waals surface area contributed by atoms with Crippen LogP contribution in [0.4, 0.5) is 11.4 Å². The van der Waals surface area contributed by atoms with Gasteiger partial charge in [-0.25, -0.2) is 0 Å². The van der Waals surface area contributed by atoms with Crippen molar-refractivity contribution >= 4 is 34.1 Å². The summed E-state index contributed by atoms with van der Waals surface area (Å²) >= 11 is 2.44. The molecular weight excluding hydrogens is 307 g/mol. The van der Waals surface area contributed by atoms with Gasteiger partial charge in [0.15, 0.2) is 0 Å². The number of anilines is 1. The van der Waals surface area contributed by atoms with Crippen molar-refractivity contribution in [3.63, 3.8) is 0 Å². The molecule has 0 unspecified atom stereocenters. The van der Waals surface area contributed by atoms with Crippen LogP contribution in [-0.2, 0) is 14.4 Å². The summed E-state index contributed by atoms with van der Waals surface area (Å²) in [5, 5.41) is 13.9. The molecule has 0 aliphatic carbocycles. The van der Waals surface area contributed by atoms with Crippen LogP contribution in [-0.4, -0.2) is 27.7 Å². The van der Waals surface area contributed by atoms with Gasteiger partial charge in [-0.1, -0.05) is 0 Å². The van der Waals surface area contributed by atoms with Crippen molar-refractivity contribution in [1.82, 2.24) is 0 Å². The van der Waals surface area contributed by atoms with E-state index in [1.165, 1.54) is 6.07 Å². The Hall–Kier alpha value is -1.35. The molecule has 0 aromatic heterocycles. The van der Waals surface area contributed by atoms with Gasteiger partial charge in [-0.15, -0.1) is 0 Å². The van der Waals surface area contributed by atoms with E-state index in [0.717, 1.165) is 5.56 Å². The fraction of sp³-hybridized carbons (Fsp3) is 0.462. The van der Waals surface area contributed by atoms with Crippen LogP contribution >= 0.6 is 0 Å². The number of nitrogens with zero attached hydrogens (tertiary/aromatic N) is 1. The Morgan fingerprint density at radius 1 is 1.37 bits per heavy atom. The molecule has 0 saturated heterocycles. The molecule has 1 heterocycles. The topological polar surface area (TPSA) is 72.2 Å². The Labute approximate surface area is 120 Å². The fourth-order valence-electron chi connectivity index (χ4n) is 2.25. The summed E-state index contributed by atoms with van der Waals surface area (Å²) in [5.74, 6) is -0.127. The third kappa shape index (κ3) is 2.16. The van der Waals surface area contributed by atoms with E-state index >= 15 is 0 Å². The number of hydrogen-bond donors (Lipinski definition) is 1. The molecule has 0 fully saturated rings. The van der Waals surface area contributed by atoms with E-state index in [-0.39, 0.29) is 11.6 Å². The van der Waals surface area contributed by atoms with Crippen molar-refractivity contribution in [3.8, 4) is 0 Å². The monoisotopic (exact) mass is 322 g/mol. The van der Waals surface area contributed by atoms with Gasteiger partial charge in [-0.05, 0) is 0 Å². The first kappa shape index (κ1) is 14.1. The number of nitrogens with one attached hydrogen (secondary N) is 1. The number of rotatable bonds is 2. The number of nitro benzene ring substituents is 1. The number of nitro groups is 1. The molecule has 5 nitrogen and oxygen atoms in total. The molecular formula is C13H15AsN2O3. The molecule has 1 aromatic carbocycles. The molecule has 0 bridgehead atoms. The van der Waals surface area contributed by atoms with Gasteiger partial charge in [0.25, 0.3) is 0 Å². The molecule has 100 valence electrons. The first-order valence-corrected chi connectivity index (χ1v) is 6.86. The van der Waals surface area contributed by atoms with E-state index in [1.54, 1.807) is 6.07 Å². The molecule has 19 heavy (non-hydrogen) atoms. The molecule has 1 aliphatic rings. The normalized spacial score (nSPS) is 17.0. The summed E-state index contributed by atoms with van der Waals surface area (Å²) < 4.78 is -0.411. The van der Waals surface area contributed by atoms with Gasteiger partial charge in [0.2, 0.25) is 0 Å². The number of hydrogen-bond acceptors (Lipinski definition) is 3. The molecule has 6 heteroatoms. The summed E-state index contributed by atoms with van der Waals surface area (Å²) in [6.45, 7) is 7.44. The minimum atomic E-state index is -0.655. The van der Waals surface area contributed by atoms with Crippen LogP contribution in [0, 0.1) is 10.1 Å². The van der Waals surface area contributed by atoms with E-state index < -0.39 is 14.5 Å². The van der Waals surface area contributed by atoms with E-state index in [1.807, 2.05) is 27.7 Å². The summed E-state index contributed by atoms with van der Waals surface area (Å²) in [6.07, 6.45) is 0. The quantitative estimate of drug-likeness (QED) is 0.515. The van der Waals surface area contributed by atoms with Gasteiger partial charge in [-0.3, -0.25) is 0 Å². The zero-order chi connectivity index (χ0) is 14.6. The van der Waals surface area contributed by atoms with Crippen LogP contribution in [0.15, 0.2) is 12.1 Å². The molecule has 0 spiro atoms. The molecule has 1 aliphatic heterocycles. The van der Waals surface area contributed by atoms with Crippen LogP contribution < -0.4 is 5.32 Å². The van der Waals surface area contributed by atoms with Crippen LogP contribution in [0.5, 0.6) is 0 Å². The van der Waals surface area contributed by atoms with Crippen LogP contribution in [0.2, 0.25) is 0 Å². The Morgan fingerprint density at radius 2 is 1.95 bits per heavy atom. The number of carbonyl (C=O) groups is 1. The number of fused-ring (bicyclic) bond motifs is 1. The first-order valence-electron chi connectivity index (χ1n) is 5.92. The first-order chi connectivity index (χ1) is 8.55. The van der Waals surface area contributed by atoms with E-state index in [4.69, 9.17) is 0 Å². The molecule has 2 radical (unpaired) electrons. The SMILES string of the molecule is CC(C)([As])c1cc2c(cc1[N+](=O)[O-])NC(=O)C2(C)C. The van der Waals surface area contributed by atoms with Crippen LogP contribution in [0.3, 0.4) is 0 Å². The van der Waals surface area contributed by atoms with Gasteiger partial charge in [0.05, 0.1) is 0 Å². The summed E-state index contributed by atoms with van der Waals surface area (Å²) in [5.41, 5.74) is 1.37. The Morgan fingerprint density at radius 3 is 2.42 bits per heavy atom. The number of carbonyl (C=O) groups excluding carboxylic acids is 1. The summed E-state index contributed by atoms with van der Waals surface area (Å²) in [4.78, 5) is 22.7. The average Bonchev–Trinajstić information content (AvgIpc) is 2.47. The molecule has 0 atom stereocenters. The van der Waals surface area contributed by atoms with Crippen molar-refractivity contribution in [1.29, 1.82) is 0 Å². The maximum absolute atomic E-state index is 11.9. The zero-order valence-corrected chi connectivity index (χ0v) is 13.2. The zero-order valence-electron chi connectivity index (χ0n) is 11.3. The van der Waals surface area contributed by atoms with E-state index in [2.05, 4.69) is 22.2 Å². The summed E-state index contributed by atoms with van der Waals surface area (Å²) in [6, 6.07) is 3.25. The Balaban J connectivity index is 2.74. The van der Waals surface area contributed by atoms with Crippen molar-refractivity contribution in [3.05, 3.63) is 33.4 Å². The molecule has 2 rings (SSSR count). The van der Waals surface area contributed by atoms with Crippen LogP contribution in [0.25, 0.3) is 0 Å². The second kappa shape index (κ2) is 4.07. The molecule has 1 amide bonds. The third-order valence-corrected chi connectivity index (χ3v) is 3.99. The van der Waals surface area contributed by atoms with E-state index in [9.17, 15) is 14.9 Å². The molecule has 1 aromatic rings. The Kier molecular flexibility index (Phi) is 3.01. The number of benzene rings is 1. The average molecular weight is 322 g/mol. The van der Waals surface area contributed by atoms with Crippen LogP contribution in [0.1, 0.15) is 38.8 Å². The predicted octanol–water partition coefficient (Wildman–Crippen LogP) is 2.23. The molecule has 1 N–H and O–H groups in total. The standard InChI is InChI=1S/C13H15AsN2O3/c1-12(2)7-5-8(13(3,4)14)10(16(18)19)6-9(7)15-11(12)17/h5-6H,1-4H3,(H,15,17). The Bertz CT molecular complexity index is 588. The van der Waals surface area contributed by atoms with Gasteiger partial charge >= 0.3 is 120 Å². The van der Waals surface area contributed by atoms with Gasteiger partial charge in [-0.2, -0.15) is 0 Å². The predicted molar refractivity (Wildman–Crippen MR) is 73.5 cm³/mol. The molecule has 0 saturated carbocycles. The second-order valence-electron chi connectivity index (χ2n) is 5.81. The summed E-state index contributed by atoms with van der Waals surface area (Å²) in [7, 11) is 0. The van der Waals surface area contributed by atoms with Crippen molar-refractivity contribution < 1.29 is 9.72 Å².